The molecule has 0 aliphatic rings. The van der Waals surface area contributed by atoms with Crippen molar-refractivity contribution in [2.24, 2.45) is 11.7 Å². The lowest BCUT2D eigenvalue weighted by Gasteiger charge is -2.20. The van der Waals surface area contributed by atoms with Gasteiger partial charge in [-0.05, 0) is 46.1 Å². The number of esters is 2. The summed E-state index contributed by atoms with van der Waals surface area (Å²) in [6.07, 6.45) is 2.59. The van der Waals surface area contributed by atoms with Crippen LogP contribution in [0.5, 0.6) is 0 Å². The number of unbranched alkanes of at least 4 members (excludes halogenated alkanes) is 2. The summed E-state index contributed by atoms with van der Waals surface area (Å²) in [6, 6.07) is 8.31. The highest BCUT2D eigenvalue weighted by molar-refractivity contribution is 5.92. The SMILES string of the molecule is CC(=O)[C@H](CCCCCC(=O)OCc1ccccc1)CC(=O)CNC(=O)[C@@H](N)CC(=O)OC(C)(C)C. The summed E-state index contributed by atoms with van der Waals surface area (Å²) in [5, 5.41) is 2.42. The molecular formula is C27H40N2O7. The first-order valence-electron chi connectivity index (χ1n) is 12.3. The van der Waals surface area contributed by atoms with Crippen molar-refractivity contribution < 1.29 is 33.4 Å². The third-order valence-electron chi connectivity index (χ3n) is 5.33. The van der Waals surface area contributed by atoms with E-state index in [1.165, 1.54) is 6.92 Å². The van der Waals surface area contributed by atoms with Crippen LogP contribution in [0.15, 0.2) is 30.3 Å². The number of ether oxygens (including phenoxy) is 2. The molecule has 200 valence electrons. The number of Topliss-reactive ketones (excluding diaryl/α,β-unsaturated/α-hetero) is 2. The van der Waals surface area contributed by atoms with Crippen LogP contribution in [0.4, 0.5) is 0 Å². The Morgan fingerprint density at radius 2 is 1.61 bits per heavy atom. The van der Waals surface area contributed by atoms with Gasteiger partial charge in [0.05, 0.1) is 19.0 Å². The molecule has 36 heavy (non-hydrogen) atoms. The van der Waals surface area contributed by atoms with Gasteiger partial charge >= 0.3 is 11.9 Å². The lowest BCUT2D eigenvalue weighted by atomic mass is 9.92. The fourth-order valence-corrected chi connectivity index (χ4v) is 3.42. The van der Waals surface area contributed by atoms with Crippen molar-refractivity contribution in [3.63, 3.8) is 0 Å². The van der Waals surface area contributed by atoms with Crippen molar-refractivity contribution in [1.82, 2.24) is 5.32 Å². The molecule has 0 spiro atoms. The van der Waals surface area contributed by atoms with Crippen molar-refractivity contribution in [2.45, 2.75) is 90.9 Å². The molecule has 0 bridgehead atoms. The molecule has 2 atom stereocenters. The van der Waals surface area contributed by atoms with Crippen molar-refractivity contribution in [1.29, 1.82) is 0 Å². The molecule has 0 heterocycles. The van der Waals surface area contributed by atoms with Crippen molar-refractivity contribution in [3.05, 3.63) is 35.9 Å². The number of benzene rings is 1. The van der Waals surface area contributed by atoms with Crippen molar-refractivity contribution in [2.75, 3.05) is 6.54 Å². The van der Waals surface area contributed by atoms with Gasteiger partial charge < -0.3 is 20.5 Å². The number of hydrogen-bond acceptors (Lipinski definition) is 8. The van der Waals surface area contributed by atoms with Gasteiger partial charge in [0.1, 0.15) is 18.0 Å². The van der Waals surface area contributed by atoms with E-state index >= 15 is 0 Å². The first kappa shape index (κ1) is 31.0. The molecule has 1 amide bonds. The smallest absolute Gasteiger partial charge is 0.308 e. The van der Waals surface area contributed by atoms with Gasteiger partial charge in [0.15, 0.2) is 5.78 Å². The molecule has 0 radical (unpaired) electrons. The molecule has 1 rings (SSSR count). The molecule has 0 aliphatic carbocycles. The highest BCUT2D eigenvalue weighted by Gasteiger charge is 2.24. The summed E-state index contributed by atoms with van der Waals surface area (Å²) in [5.41, 5.74) is 5.97. The number of ketones is 2. The minimum absolute atomic E-state index is 0.00995. The summed E-state index contributed by atoms with van der Waals surface area (Å²) >= 11 is 0. The van der Waals surface area contributed by atoms with Gasteiger partial charge in [-0.15, -0.1) is 0 Å². The molecule has 9 nitrogen and oxygen atoms in total. The normalized spacial score (nSPS) is 12.8. The monoisotopic (exact) mass is 504 g/mol. The Morgan fingerprint density at radius 1 is 0.944 bits per heavy atom. The molecule has 0 aliphatic heterocycles. The molecule has 9 heteroatoms. The van der Waals surface area contributed by atoms with Crippen LogP contribution in [0.3, 0.4) is 0 Å². The standard InChI is InChI=1S/C27H40N2O7/c1-19(30)21(13-9-6-10-14-24(32)35-18-20-11-7-5-8-12-20)15-22(31)17-29-26(34)23(28)16-25(33)36-27(2,3)4/h5,7-8,11-12,21,23H,6,9-10,13-18,28H2,1-4H3,(H,29,34)/t21-,23+/m1/s1. The first-order valence-corrected chi connectivity index (χ1v) is 12.3. The lowest BCUT2D eigenvalue weighted by molar-refractivity contribution is -0.156. The van der Waals surface area contributed by atoms with Gasteiger partial charge in [-0.3, -0.25) is 24.0 Å². The van der Waals surface area contributed by atoms with Crippen LogP contribution >= 0.6 is 0 Å². The summed E-state index contributed by atoms with van der Waals surface area (Å²) < 4.78 is 10.4. The number of hydrogen-bond donors (Lipinski definition) is 2. The minimum atomic E-state index is -1.13. The Bertz CT molecular complexity index is 878. The van der Waals surface area contributed by atoms with Crippen LogP contribution in [0, 0.1) is 5.92 Å². The summed E-state index contributed by atoms with van der Waals surface area (Å²) in [7, 11) is 0. The second-order valence-corrected chi connectivity index (χ2v) is 9.91. The maximum Gasteiger partial charge on any atom is 0.308 e. The van der Waals surface area contributed by atoms with Crippen LogP contribution in [0.2, 0.25) is 0 Å². The van der Waals surface area contributed by atoms with Crippen LogP contribution in [-0.2, 0) is 40.1 Å². The second-order valence-electron chi connectivity index (χ2n) is 9.91. The lowest BCUT2D eigenvalue weighted by Crippen LogP contribution is -2.44. The van der Waals surface area contributed by atoms with E-state index in [0.717, 1.165) is 12.0 Å². The van der Waals surface area contributed by atoms with Gasteiger partial charge in [-0.1, -0.05) is 43.2 Å². The maximum atomic E-state index is 12.3. The second kappa shape index (κ2) is 15.8. The number of nitrogens with two attached hydrogens (primary N) is 1. The predicted molar refractivity (Wildman–Crippen MR) is 135 cm³/mol. The zero-order chi connectivity index (χ0) is 27.1. The molecular weight excluding hydrogens is 464 g/mol. The van der Waals surface area contributed by atoms with E-state index in [2.05, 4.69) is 5.32 Å². The molecule has 0 unspecified atom stereocenters. The summed E-state index contributed by atoms with van der Waals surface area (Å²) in [4.78, 5) is 60.0. The number of carbonyl (C=O) groups is 5. The average molecular weight is 505 g/mol. The van der Waals surface area contributed by atoms with E-state index in [1.54, 1.807) is 20.8 Å². The Balaban J connectivity index is 2.27. The van der Waals surface area contributed by atoms with Crippen molar-refractivity contribution >= 4 is 29.4 Å². The first-order chi connectivity index (χ1) is 16.9. The zero-order valence-corrected chi connectivity index (χ0v) is 21.8. The van der Waals surface area contributed by atoms with Gasteiger partial charge in [0.25, 0.3) is 0 Å². The quantitative estimate of drug-likeness (QED) is 0.258. The fourth-order valence-electron chi connectivity index (χ4n) is 3.42. The fraction of sp³-hybridized carbons (Fsp3) is 0.593. The van der Waals surface area contributed by atoms with Gasteiger partial charge in [-0.25, -0.2) is 0 Å². The number of rotatable bonds is 16. The van der Waals surface area contributed by atoms with E-state index < -0.39 is 29.4 Å². The minimum Gasteiger partial charge on any atom is -0.461 e. The largest absolute Gasteiger partial charge is 0.461 e. The third-order valence-corrected chi connectivity index (χ3v) is 5.33. The highest BCUT2D eigenvalue weighted by Crippen LogP contribution is 2.16. The van der Waals surface area contributed by atoms with Crippen LogP contribution in [-0.4, -0.2) is 47.6 Å². The van der Waals surface area contributed by atoms with E-state index in [1.807, 2.05) is 30.3 Å². The third kappa shape index (κ3) is 14.4. The molecule has 0 fully saturated rings. The Morgan fingerprint density at radius 3 is 2.22 bits per heavy atom. The van der Waals surface area contributed by atoms with E-state index in [-0.39, 0.29) is 43.5 Å². The topological polar surface area (TPSA) is 142 Å². The van der Waals surface area contributed by atoms with E-state index in [9.17, 15) is 24.0 Å². The molecule has 0 aromatic heterocycles. The maximum absolute atomic E-state index is 12.3. The highest BCUT2D eigenvalue weighted by atomic mass is 16.6. The summed E-state index contributed by atoms with van der Waals surface area (Å²) in [6.45, 7) is 6.55. The molecule has 1 aromatic rings. The zero-order valence-electron chi connectivity index (χ0n) is 21.8. The average Bonchev–Trinajstić information content (AvgIpc) is 2.79. The molecule has 0 saturated carbocycles. The number of nitrogens with one attached hydrogen (secondary N) is 1. The molecule has 3 N–H and O–H groups in total. The Kier molecular flexibility index (Phi) is 13.6. The summed E-state index contributed by atoms with van der Waals surface area (Å²) in [5.74, 6) is -2.34. The van der Waals surface area contributed by atoms with Crippen LogP contribution in [0.25, 0.3) is 0 Å². The van der Waals surface area contributed by atoms with Gasteiger partial charge in [0.2, 0.25) is 5.91 Å². The van der Waals surface area contributed by atoms with Crippen LogP contribution in [0.1, 0.15) is 78.2 Å². The predicted octanol–water partition coefficient (Wildman–Crippen LogP) is 3.02. The molecule has 0 saturated heterocycles. The van der Waals surface area contributed by atoms with Gasteiger partial charge in [-0.2, -0.15) is 0 Å². The van der Waals surface area contributed by atoms with Crippen molar-refractivity contribution in [3.8, 4) is 0 Å². The van der Waals surface area contributed by atoms with E-state index in [4.69, 9.17) is 15.2 Å². The van der Waals surface area contributed by atoms with Gasteiger partial charge in [0, 0.05) is 18.8 Å². The van der Waals surface area contributed by atoms with E-state index in [0.29, 0.717) is 25.7 Å². The van der Waals surface area contributed by atoms with Crippen LogP contribution < -0.4 is 11.1 Å². The number of carbonyl (C=O) groups excluding carboxylic acids is 5. The molecule has 1 aromatic carbocycles. The number of amides is 1. The Labute approximate surface area is 213 Å². The Hall–Kier alpha value is -3.07.